The molecule has 2 heteroatoms. The van der Waals surface area contributed by atoms with E-state index in [-0.39, 0.29) is 0 Å². The molecule has 1 N–H and O–H groups in total. The number of nitrogens with zero attached hydrogens (tertiary/aromatic N) is 1. The highest BCUT2D eigenvalue weighted by Gasteiger charge is 2.39. The fourth-order valence-corrected chi connectivity index (χ4v) is 3.33. The van der Waals surface area contributed by atoms with Crippen molar-refractivity contribution in [1.82, 2.24) is 10.2 Å². The number of benzene rings is 1. The largest absolute Gasteiger partial charge is 0.316 e. The van der Waals surface area contributed by atoms with Crippen LogP contribution in [0.4, 0.5) is 0 Å². The van der Waals surface area contributed by atoms with Crippen molar-refractivity contribution in [2.75, 3.05) is 26.2 Å². The van der Waals surface area contributed by atoms with Gasteiger partial charge in [-0.3, -0.25) is 4.90 Å². The van der Waals surface area contributed by atoms with Crippen LogP contribution < -0.4 is 5.32 Å². The first-order valence-corrected chi connectivity index (χ1v) is 7.69. The minimum absolute atomic E-state index is 0.630. The van der Waals surface area contributed by atoms with Crippen molar-refractivity contribution in [1.29, 1.82) is 0 Å². The van der Waals surface area contributed by atoms with Crippen molar-refractivity contribution in [3.63, 3.8) is 0 Å². The van der Waals surface area contributed by atoms with Gasteiger partial charge in [0.1, 0.15) is 0 Å². The fourth-order valence-electron chi connectivity index (χ4n) is 3.33. The third-order valence-corrected chi connectivity index (χ3v) is 4.94. The highest BCUT2D eigenvalue weighted by atomic mass is 15.1. The third kappa shape index (κ3) is 2.85. The van der Waals surface area contributed by atoms with Crippen LogP contribution in [-0.4, -0.2) is 31.1 Å². The summed E-state index contributed by atoms with van der Waals surface area (Å²) in [6, 6.07) is 9.13. The Labute approximate surface area is 117 Å². The third-order valence-electron chi connectivity index (χ3n) is 4.94. The molecule has 2 heterocycles. The lowest BCUT2D eigenvalue weighted by Gasteiger charge is -2.48. The molecular weight excluding hydrogens is 232 g/mol. The molecule has 0 saturated carbocycles. The van der Waals surface area contributed by atoms with E-state index in [4.69, 9.17) is 0 Å². The summed E-state index contributed by atoms with van der Waals surface area (Å²) in [5, 5.41) is 3.44. The first-order chi connectivity index (χ1) is 9.17. The standard InChI is InChI=1S/C17H26N2/c1-14(2)16-5-3-4-15(10-16)11-19-8-6-17(7-9-19)12-18-13-17/h3-5,10,14,18H,6-9,11-13H2,1-2H3. The van der Waals surface area contributed by atoms with Gasteiger partial charge in [-0.25, -0.2) is 0 Å². The van der Waals surface area contributed by atoms with Crippen molar-refractivity contribution in [3.05, 3.63) is 35.4 Å². The number of piperidine rings is 1. The average Bonchev–Trinajstić information content (AvgIpc) is 2.38. The molecule has 104 valence electrons. The lowest BCUT2D eigenvalue weighted by atomic mass is 9.73. The van der Waals surface area contributed by atoms with Gasteiger partial charge in [0.25, 0.3) is 0 Å². The molecule has 0 aromatic heterocycles. The first kappa shape index (κ1) is 13.1. The summed E-state index contributed by atoms with van der Waals surface area (Å²) < 4.78 is 0. The Morgan fingerprint density at radius 2 is 1.95 bits per heavy atom. The molecule has 0 aliphatic carbocycles. The van der Waals surface area contributed by atoms with E-state index in [9.17, 15) is 0 Å². The Hall–Kier alpha value is -0.860. The maximum absolute atomic E-state index is 3.44. The molecule has 2 fully saturated rings. The fraction of sp³-hybridized carbons (Fsp3) is 0.647. The van der Waals surface area contributed by atoms with Gasteiger partial charge in [0.2, 0.25) is 0 Å². The van der Waals surface area contributed by atoms with Crippen LogP contribution in [0.5, 0.6) is 0 Å². The highest BCUT2D eigenvalue weighted by Crippen LogP contribution is 2.35. The average molecular weight is 258 g/mol. The van der Waals surface area contributed by atoms with Crippen LogP contribution in [0, 0.1) is 5.41 Å². The summed E-state index contributed by atoms with van der Waals surface area (Å²) in [5.74, 6) is 0.630. The molecule has 2 aliphatic heterocycles. The predicted octanol–water partition coefficient (Wildman–Crippen LogP) is 3.00. The van der Waals surface area contributed by atoms with Crippen LogP contribution in [0.2, 0.25) is 0 Å². The summed E-state index contributed by atoms with van der Waals surface area (Å²) in [6.45, 7) is 10.7. The zero-order valence-corrected chi connectivity index (χ0v) is 12.3. The molecule has 1 aromatic carbocycles. The van der Waals surface area contributed by atoms with E-state index < -0.39 is 0 Å². The molecule has 1 aromatic rings. The van der Waals surface area contributed by atoms with E-state index in [0.29, 0.717) is 11.3 Å². The molecule has 0 radical (unpaired) electrons. The van der Waals surface area contributed by atoms with E-state index in [1.165, 1.54) is 50.1 Å². The van der Waals surface area contributed by atoms with Crippen molar-refractivity contribution in [3.8, 4) is 0 Å². The lowest BCUT2D eigenvalue weighted by Crippen LogP contribution is -2.58. The van der Waals surface area contributed by atoms with Gasteiger partial charge >= 0.3 is 0 Å². The minimum Gasteiger partial charge on any atom is -0.316 e. The number of hydrogen-bond donors (Lipinski definition) is 1. The number of rotatable bonds is 3. The monoisotopic (exact) mass is 258 g/mol. The zero-order valence-electron chi connectivity index (χ0n) is 12.3. The van der Waals surface area contributed by atoms with E-state index in [0.717, 1.165) is 6.54 Å². The Bertz CT molecular complexity index is 425. The van der Waals surface area contributed by atoms with E-state index >= 15 is 0 Å². The molecule has 2 aliphatic rings. The predicted molar refractivity (Wildman–Crippen MR) is 80.3 cm³/mol. The molecule has 0 amide bonds. The SMILES string of the molecule is CC(C)c1cccc(CN2CCC3(CC2)CNC3)c1. The van der Waals surface area contributed by atoms with E-state index in [2.05, 4.69) is 48.3 Å². The first-order valence-electron chi connectivity index (χ1n) is 7.69. The smallest absolute Gasteiger partial charge is 0.0233 e. The van der Waals surface area contributed by atoms with Gasteiger partial charge in [0.15, 0.2) is 0 Å². The molecule has 19 heavy (non-hydrogen) atoms. The van der Waals surface area contributed by atoms with Crippen LogP contribution in [0.15, 0.2) is 24.3 Å². The van der Waals surface area contributed by atoms with Gasteiger partial charge in [-0.1, -0.05) is 38.1 Å². The van der Waals surface area contributed by atoms with Crippen LogP contribution >= 0.6 is 0 Å². The summed E-state index contributed by atoms with van der Waals surface area (Å²) in [4.78, 5) is 2.63. The highest BCUT2D eigenvalue weighted by molar-refractivity contribution is 5.25. The van der Waals surface area contributed by atoms with E-state index in [1.54, 1.807) is 0 Å². The van der Waals surface area contributed by atoms with Crippen molar-refractivity contribution >= 4 is 0 Å². The van der Waals surface area contributed by atoms with Gasteiger partial charge in [0.05, 0.1) is 0 Å². The summed E-state index contributed by atoms with van der Waals surface area (Å²) >= 11 is 0. The van der Waals surface area contributed by atoms with Crippen LogP contribution in [0.1, 0.15) is 43.7 Å². The summed E-state index contributed by atoms with van der Waals surface area (Å²) in [5.41, 5.74) is 3.61. The summed E-state index contributed by atoms with van der Waals surface area (Å²) in [6.07, 6.45) is 2.76. The molecule has 2 saturated heterocycles. The van der Waals surface area contributed by atoms with Gasteiger partial charge in [0, 0.05) is 19.6 Å². The molecule has 0 bridgehead atoms. The molecule has 1 spiro atoms. The normalized spacial score (nSPS) is 22.7. The topological polar surface area (TPSA) is 15.3 Å². The van der Waals surface area contributed by atoms with E-state index in [1.807, 2.05) is 0 Å². The van der Waals surface area contributed by atoms with Gasteiger partial charge in [-0.15, -0.1) is 0 Å². The molecule has 2 nitrogen and oxygen atoms in total. The Kier molecular flexibility index (Phi) is 3.64. The second kappa shape index (κ2) is 5.26. The van der Waals surface area contributed by atoms with Crippen LogP contribution in [-0.2, 0) is 6.54 Å². The van der Waals surface area contributed by atoms with Crippen LogP contribution in [0.3, 0.4) is 0 Å². The maximum atomic E-state index is 3.44. The number of likely N-dealkylation sites (tertiary alicyclic amines) is 1. The minimum atomic E-state index is 0.630. The van der Waals surface area contributed by atoms with Crippen molar-refractivity contribution < 1.29 is 0 Å². The Morgan fingerprint density at radius 3 is 2.53 bits per heavy atom. The van der Waals surface area contributed by atoms with Gasteiger partial charge in [-0.05, 0) is 48.4 Å². The quantitative estimate of drug-likeness (QED) is 0.896. The number of nitrogens with one attached hydrogen (secondary N) is 1. The summed E-state index contributed by atoms with van der Waals surface area (Å²) in [7, 11) is 0. The molecule has 0 unspecified atom stereocenters. The van der Waals surface area contributed by atoms with Gasteiger partial charge in [-0.2, -0.15) is 0 Å². The second-order valence-electron chi connectivity index (χ2n) is 6.78. The van der Waals surface area contributed by atoms with Crippen LogP contribution in [0.25, 0.3) is 0 Å². The lowest BCUT2D eigenvalue weighted by molar-refractivity contribution is 0.0520. The molecular formula is C17H26N2. The molecule has 3 rings (SSSR count). The second-order valence-corrected chi connectivity index (χ2v) is 6.78. The molecule has 0 atom stereocenters. The zero-order chi connectivity index (χ0) is 13.3. The Balaban J connectivity index is 1.58. The number of hydrogen-bond acceptors (Lipinski definition) is 2. The maximum Gasteiger partial charge on any atom is 0.0233 e. The van der Waals surface area contributed by atoms with Gasteiger partial charge < -0.3 is 5.32 Å². The Morgan fingerprint density at radius 1 is 1.21 bits per heavy atom. The van der Waals surface area contributed by atoms with Crippen molar-refractivity contribution in [2.45, 2.75) is 39.2 Å². The van der Waals surface area contributed by atoms with Crippen molar-refractivity contribution in [2.24, 2.45) is 5.41 Å².